The molecule has 2 rings (SSSR count). The van der Waals surface area contributed by atoms with Crippen molar-refractivity contribution < 1.29 is 14.6 Å². The molecule has 0 amide bonds. The van der Waals surface area contributed by atoms with Gasteiger partial charge in [-0.1, -0.05) is 12.1 Å². The molecule has 20 heavy (non-hydrogen) atoms. The predicted octanol–water partition coefficient (Wildman–Crippen LogP) is 2.47. The van der Waals surface area contributed by atoms with Gasteiger partial charge in [-0.3, -0.25) is 4.79 Å². The Morgan fingerprint density at radius 2 is 2.20 bits per heavy atom. The van der Waals surface area contributed by atoms with E-state index in [1.54, 1.807) is 0 Å². The van der Waals surface area contributed by atoms with Gasteiger partial charge in [0.05, 0.1) is 6.10 Å². The van der Waals surface area contributed by atoms with E-state index in [-0.39, 0.29) is 12.5 Å². The van der Waals surface area contributed by atoms with Gasteiger partial charge in [0.25, 0.3) is 0 Å². The average molecular weight is 277 g/mol. The quantitative estimate of drug-likeness (QED) is 0.838. The normalized spacial score (nSPS) is 20.4. The molecule has 0 bridgehead atoms. The van der Waals surface area contributed by atoms with E-state index in [1.165, 1.54) is 12.8 Å². The number of aliphatic carboxylic acids is 1. The Morgan fingerprint density at radius 3 is 2.80 bits per heavy atom. The van der Waals surface area contributed by atoms with Crippen LogP contribution < -0.4 is 10.1 Å². The number of ether oxygens (including phenoxy) is 1. The van der Waals surface area contributed by atoms with Crippen molar-refractivity contribution in [1.29, 1.82) is 0 Å². The molecular weight excluding hydrogens is 254 g/mol. The fourth-order valence-electron chi connectivity index (χ4n) is 2.58. The second-order valence-electron chi connectivity index (χ2n) is 5.47. The zero-order chi connectivity index (χ0) is 14.4. The Kier molecular flexibility index (Phi) is 5.41. The third-order valence-electron chi connectivity index (χ3n) is 3.87. The van der Waals surface area contributed by atoms with E-state index in [0.29, 0.717) is 12.3 Å². The van der Waals surface area contributed by atoms with Crippen LogP contribution in [0, 0.1) is 5.92 Å². The maximum Gasteiger partial charge on any atom is 0.303 e. The van der Waals surface area contributed by atoms with Crippen LogP contribution in [-0.4, -0.2) is 30.3 Å². The number of rotatable bonds is 6. The van der Waals surface area contributed by atoms with Crippen LogP contribution in [0.4, 0.5) is 0 Å². The first-order chi connectivity index (χ1) is 9.65. The SMILES string of the molecule is CC(Oc1ccc(CCC(=O)O)cc1)C1CCCNC1. The van der Waals surface area contributed by atoms with E-state index in [2.05, 4.69) is 12.2 Å². The van der Waals surface area contributed by atoms with Gasteiger partial charge in [0.1, 0.15) is 5.75 Å². The fourth-order valence-corrected chi connectivity index (χ4v) is 2.58. The largest absolute Gasteiger partial charge is 0.490 e. The first-order valence-electron chi connectivity index (χ1n) is 7.33. The number of hydrogen-bond acceptors (Lipinski definition) is 3. The molecule has 2 atom stereocenters. The molecule has 1 heterocycles. The van der Waals surface area contributed by atoms with E-state index in [0.717, 1.165) is 24.4 Å². The van der Waals surface area contributed by atoms with Gasteiger partial charge < -0.3 is 15.2 Å². The van der Waals surface area contributed by atoms with Gasteiger partial charge in [0.15, 0.2) is 0 Å². The smallest absolute Gasteiger partial charge is 0.303 e. The lowest BCUT2D eigenvalue weighted by Crippen LogP contribution is -2.37. The van der Waals surface area contributed by atoms with Crippen molar-refractivity contribution in [1.82, 2.24) is 5.32 Å². The summed E-state index contributed by atoms with van der Waals surface area (Å²) in [5.41, 5.74) is 1.03. The van der Waals surface area contributed by atoms with E-state index in [4.69, 9.17) is 9.84 Å². The molecule has 2 unspecified atom stereocenters. The lowest BCUT2D eigenvalue weighted by atomic mass is 9.94. The number of carboxylic acid groups (broad SMARTS) is 1. The van der Waals surface area contributed by atoms with E-state index in [9.17, 15) is 4.79 Å². The molecule has 0 aliphatic carbocycles. The van der Waals surface area contributed by atoms with Crippen LogP contribution in [0.5, 0.6) is 5.75 Å². The fraction of sp³-hybridized carbons (Fsp3) is 0.562. The Balaban J connectivity index is 1.84. The molecule has 0 spiro atoms. The summed E-state index contributed by atoms with van der Waals surface area (Å²) in [5.74, 6) is 0.668. The first kappa shape index (κ1) is 14.9. The molecule has 4 nitrogen and oxygen atoms in total. The predicted molar refractivity (Wildman–Crippen MR) is 78.1 cm³/mol. The van der Waals surface area contributed by atoms with Gasteiger partial charge in [-0.25, -0.2) is 0 Å². The molecule has 1 aromatic carbocycles. The summed E-state index contributed by atoms with van der Waals surface area (Å²) < 4.78 is 5.98. The van der Waals surface area contributed by atoms with Crippen molar-refractivity contribution in [3.05, 3.63) is 29.8 Å². The van der Waals surface area contributed by atoms with Gasteiger partial charge in [0.2, 0.25) is 0 Å². The van der Waals surface area contributed by atoms with Crippen LogP contribution in [-0.2, 0) is 11.2 Å². The topological polar surface area (TPSA) is 58.6 Å². The van der Waals surface area contributed by atoms with Crippen molar-refractivity contribution in [2.75, 3.05) is 13.1 Å². The molecule has 0 aromatic heterocycles. The summed E-state index contributed by atoms with van der Waals surface area (Å²) in [7, 11) is 0. The van der Waals surface area contributed by atoms with Gasteiger partial charge in [-0.2, -0.15) is 0 Å². The molecular formula is C16H23NO3. The molecule has 110 valence electrons. The van der Waals surface area contributed by atoms with Gasteiger partial charge in [-0.05, 0) is 50.4 Å². The van der Waals surface area contributed by atoms with Crippen molar-refractivity contribution >= 4 is 5.97 Å². The Morgan fingerprint density at radius 1 is 1.45 bits per heavy atom. The minimum Gasteiger partial charge on any atom is -0.490 e. The Bertz CT molecular complexity index is 424. The number of nitrogens with one attached hydrogen (secondary N) is 1. The summed E-state index contributed by atoms with van der Waals surface area (Å²) in [6.45, 7) is 4.26. The summed E-state index contributed by atoms with van der Waals surface area (Å²) in [6, 6.07) is 7.77. The minimum absolute atomic E-state index is 0.171. The second kappa shape index (κ2) is 7.29. The van der Waals surface area contributed by atoms with Crippen LogP contribution in [0.3, 0.4) is 0 Å². The Labute approximate surface area is 120 Å². The first-order valence-corrected chi connectivity index (χ1v) is 7.33. The molecule has 0 radical (unpaired) electrons. The van der Waals surface area contributed by atoms with Crippen LogP contribution >= 0.6 is 0 Å². The molecule has 2 N–H and O–H groups in total. The van der Waals surface area contributed by atoms with Crippen LogP contribution in [0.1, 0.15) is 31.7 Å². The summed E-state index contributed by atoms with van der Waals surface area (Å²) in [6.07, 6.45) is 3.37. The van der Waals surface area contributed by atoms with Crippen LogP contribution in [0.25, 0.3) is 0 Å². The van der Waals surface area contributed by atoms with Crippen molar-refractivity contribution in [3.63, 3.8) is 0 Å². The van der Waals surface area contributed by atoms with Crippen molar-refractivity contribution in [2.45, 2.75) is 38.7 Å². The zero-order valence-corrected chi connectivity index (χ0v) is 12.0. The average Bonchev–Trinajstić information content (AvgIpc) is 2.47. The lowest BCUT2D eigenvalue weighted by molar-refractivity contribution is -0.136. The van der Waals surface area contributed by atoms with E-state index >= 15 is 0 Å². The molecule has 1 saturated heterocycles. The van der Waals surface area contributed by atoms with Crippen LogP contribution in [0.15, 0.2) is 24.3 Å². The number of carbonyl (C=O) groups is 1. The standard InChI is InChI=1S/C16H23NO3/c1-12(14-3-2-10-17-11-14)20-15-7-4-13(5-8-15)6-9-16(18)19/h4-5,7-8,12,14,17H,2-3,6,9-11H2,1H3,(H,18,19). The molecule has 1 aromatic rings. The highest BCUT2D eigenvalue weighted by Crippen LogP contribution is 2.21. The van der Waals surface area contributed by atoms with Crippen LogP contribution in [0.2, 0.25) is 0 Å². The molecule has 4 heteroatoms. The van der Waals surface area contributed by atoms with Crippen molar-refractivity contribution in [2.24, 2.45) is 5.92 Å². The highest BCUT2D eigenvalue weighted by Gasteiger charge is 2.21. The zero-order valence-electron chi connectivity index (χ0n) is 12.0. The number of benzene rings is 1. The van der Waals surface area contributed by atoms with Gasteiger partial charge in [0, 0.05) is 18.9 Å². The summed E-state index contributed by atoms with van der Waals surface area (Å²) >= 11 is 0. The molecule has 1 aliphatic heterocycles. The van der Waals surface area contributed by atoms with E-state index in [1.807, 2.05) is 24.3 Å². The molecule has 1 aliphatic rings. The number of carboxylic acids is 1. The van der Waals surface area contributed by atoms with E-state index < -0.39 is 5.97 Å². The maximum atomic E-state index is 10.5. The highest BCUT2D eigenvalue weighted by atomic mass is 16.5. The monoisotopic (exact) mass is 277 g/mol. The lowest BCUT2D eigenvalue weighted by Gasteiger charge is -2.28. The summed E-state index contributed by atoms with van der Waals surface area (Å²) in [5, 5.41) is 12.1. The maximum absolute atomic E-state index is 10.5. The number of hydrogen-bond donors (Lipinski definition) is 2. The Hall–Kier alpha value is -1.55. The third-order valence-corrected chi connectivity index (χ3v) is 3.87. The second-order valence-corrected chi connectivity index (χ2v) is 5.47. The number of aryl methyl sites for hydroxylation is 1. The third kappa shape index (κ3) is 4.53. The molecule has 0 saturated carbocycles. The van der Waals surface area contributed by atoms with Gasteiger partial charge in [-0.15, -0.1) is 0 Å². The summed E-state index contributed by atoms with van der Waals surface area (Å²) in [4.78, 5) is 10.5. The highest BCUT2D eigenvalue weighted by molar-refractivity contribution is 5.67. The molecule has 1 fully saturated rings. The van der Waals surface area contributed by atoms with Crippen molar-refractivity contribution in [3.8, 4) is 5.75 Å². The number of piperidine rings is 1. The van der Waals surface area contributed by atoms with Gasteiger partial charge >= 0.3 is 5.97 Å². The minimum atomic E-state index is -0.760.